The summed E-state index contributed by atoms with van der Waals surface area (Å²) < 4.78 is 0. The lowest BCUT2D eigenvalue weighted by molar-refractivity contribution is -0.0157. The lowest BCUT2D eigenvalue weighted by Gasteiger charge is -2.44. The topological polar surface area (TPSA) is 23.5 Å². The molecule has 3 unspecified atom stereocenters. The summed E-state index contributed by atoms with van der Waals surface area (Å²) in [5, 5.41) is 10.3. The number of aliphatic hydroxyl groups excluding tert-OH is 1. The van der Waals surface area contributed by atoms with E-state index in [1.54, 1.807) is 0 Å². The lowest BCUT2D eigenvalue weighted by Crippen LogP contribution is -2.49. The molecule has 0 aliphatic heterocycles. The minimum absolute atomic E-state index is 0.111. The van der Waals surface area contributed by atoms with E-state index in [0.717, 1.165) is 25.4 Å². The Morgan fingerprint density at radius 1 is 1.17 bits per heavy atom. The average molecular weight is 255 g/mol. The highest BCUT2D eigenvalue weighted by atomic mass is 16.3. The minimum Gasteiger partial charge on any atom is -0.391 e. The Kier molecular flexibility index (Phi) is 6.13. The first kappa shape index (κ1) is 16.0. The van der Waals surface area contributed by atoms with Crippen molar-refractivity contribution in [2.45, 2.75) is 78.9 Å². The quantitative estimate of drug-likeness (QED) is 0.810. The molecule has 2 heteroatoms. The van der Waals surface area contributed by atoms with Crippen LogP contribution in [0, 0.1) is 11.3 Å². The molecule has 1 rings (SSSR count). The van der Waals surface area contributed by atoms with E-state index in [4.69, 9.17) is 0 Å². The van der Waals surface area contributed by atoms with Crippen LogP contribution < -0.4 is 0 Å². The van der Waals surface area contributed by atoms with Crippen molar-refractivity contribution in [3.05, 3.63) is 0 Å². The predicted molar refractivity (Wildman–Crippen MR) is 78.7 cm³/mol. The number of nitrogens with zero attached hydrogens (tertiary/aromatic N) is 1. The van der Waals surface area contributed by atoms with Crippen molar-refractivity contribution >= 4 is 0 Å². The highest BCUT2D eigenvalue weighted by molar-refractivity contribution is 4.90. The maximum Gasteiger partial charge on any atom is 0.0695 e. The van der Waals surface area contributed by atoms with Crippen LogP contribution in [0.2, 0.25) is 0 Å². The summed E-state index contributed by atoms with van der Waals surface area (Å²) in [5.74, 6) is 0.751. The Morgan fingerprint density at radius 3 is 2.33 bits per heavy atom. The van der Waals surface area contributed by atoms with Crippen LogP contribution in [0.1, 0.15) is 66.7 Å². The zero-order chi connectivity index (χ0) is 13.8. The molecule has 3 atom stereocenters. The normalized spacial score (nSPS) is 29.8. The lowest BCUT2D eigenvalue weighted by atomic mass is 9.70. The van der Waals surface area contributed by atoms with E-state index in [9.17, 15) is 5.11 Å². The Labute approximate surface area is 114 Å². The van der Waals surface area contributed by atoms with Crippen LogP contribution in [0.5, 0.6) is 0 Å². The van der Waals surface area contributed by atoms with Crippen molar-refractivity contribution in [3.63, 3.8) is 0 Å². The molecule has 2 nitrogen and oxygen atoms in total. The fourth-order valence-corrected chi connectivity index (χ4v) is 3.23. The van der Waals surface area contributed by atoms with E-state index in [2.05, 4.69) is 39.5 Å². The largest absolute Gasteiger partial charge is 0.391 e. The van der Waals surface area contributed by atoms with Crippen molar-refractivity contribution in [2.24, 2.45) is 11.3 Å². The Balaban J connectivity index is 2.65. The molecule has 18 heavy (non-hydrogen) atoms. The van der Waals surface area contributed by atoms with Gasteiger partial charge in [-0.1, -0.05) is 41.0 Å². The molecule has 1 aliphatic carbocycles. The smallest absolute Gasteiger partial charge is 0.0695 e. The summed E-state index contributed by atoms with van der Waals surface area (Å²) in [4.78, 5) is 2.51. The first-order valence-corrected chi connectivity index (χ1v) is 7.82. The Hall–Kier alpha value is -0.0800. The highest BCUT2D eigenvalue weighted by Gasteiger charge is 2.37. The van der Waals surface area contributed by atoms with Crippen molar-refractivity contribution in [1.82, 2.24) is 4.90 Å². The molecule has 1 N–H and O–H groups in total. The van der Waals surface area contributed by atoms with Crippen molar-refractivity contribution in [3.8, 4) is 0 Å². The third kappa shape index (κ3) is 4.24. The molecule has 1 fully saturated rings. The molecule has 0 aromatic rings. The molecule has 1 saturated carbocycles. The molecule has 0 saturated heterocycles. The van der Waals surface area contributed by atoms with Crippen LogP contribution in [0.4, 0.5) is 0 Å². The minimum atomic E-state index is -0.111. The number of rotatable bonds is 5. The van der Waals surface area contributed by atoms with Gasteiger partial charge in [0.2, 0.25) is 0 Å². The highest BCUT2D eigenvalue weighted by Crippen LogP contribution is 2.39. The fraction of sp³-hybridized carbons (Fsp3) is 1.00. The second kappa shape index (κ2) is 6.91. The molecule has 0 spiro atoms. The zero-order valence-electron chi connectivity index (χ0n) is 13.1. The number of hydrogen-bond acceptors (Lipinski definition) is 2. The van der Waals surface area contributed by atoms with Gasteiger partial charge in [0, 0.05) is 6.04 Å². The maximum absolute atomic E-state index is 10.3. The monoisotopic (exact) mass is 255 g/mol. The third-order valence-corrected chi connectivity index (χ3v) is 4.68. The van der Waals surface area contributed by atoms with Gasteiger partial charge in [-0.2, -0.15) is 0 Å². The summed E-state index contributed by atoms with van der Waals surface area (Å²) in [7, 11) is 0. The maximum atomic E-state index is 10.3. The molecular weight excluding hydrogens is 222 g/mol. The SMILES string of the molecule is CCCCN(CC)C1CC(C(C)(C)C)CCC1O. The van der Waals surface area contributed by atoms with Crippen LogP contribution in [0.25, 0.3) is 0 Å². The molecule has 108 valence electrons. The Bertz CT molecular complexity index is 234. The van der Waals surface area contributed by atoms with Crippen LogP contribution >= 0.6 is 0 Å². The van der Waals surface area contributed by atoms with E-state index in [0.29, 0.717) is 11.5 Å². The predicted octanol–water partition coefficient (Wildman–Crippen LogP) is 3.68. The summed E-state index contributed by atoms with van der Waals surface area (Å²) in [6.07, 6.45) is 5.71. The van der Waals surface area contributed by atoms with Crippen molar-refractivity contribution in [1.29, 1.82) is 0 Å². The van der Waals surface area contributed by atoms with Crippen molar-refractivity contribution < 1.29 is 5.11 Å². The Morgan fingerprint density at radius 2 is 1.83 bits per heavy atom. The van der Waals surface area contributed by atoms with Gasteiger partial charge in [0.05, 0.1) is 6.10 Å². The van der Waals surface area contributed by atoms with Crippen LogP contribution in [0.3, 0.4) is 0 Å². The average Bonchev–Trinajstić information content (AvgIpc) is 2.30. The molecule has 0 radical (unpaired) electrons. The molecule has 0 bridgehead atoms. The molecular formula is C16H33NO. The summed E-state index contributed by atoms with van der Waals surface area (Å²) in [6.45, 7) is 13.7. The van der Waals surface area contributed by atoms with E-state index in [1.807, 2.05) is 0 Å². The molecule has 1 aliphatic rings. The number of aliphatic hydroxyl groups is 1. The van der Waals surface area contributed by atoms with Gasteiger partial charge in [-0.3, -0.25) is 4.90 Å². The molecule has 0 aromatic carbocycles. The van der Waals surface area contributed by atoms with E-state index >= 15 is 0 Å². The van der Waals surface area contributed by atoms with Crippen molar-refractivity contribution in [2.75, 3.05) is 13.1 Å². The van der Waals surface area contributed by atoms with Gasteiger partial charge in [-0.25, -0.2) is 0 Å². The fourth-order valence-electron chi connectivity index (χ4n) is 3.23. The van der Waals surface area contributed by atoms with Gasteiger partial charge in [-0.15, -0.1) is 0 Å². The van der Waals surface area contributed by atoms with Gasteiger partial charge >= 0.3 is 0 Å². The number of unbranched alkanes of at least 4 members (excludes halogenated alkanes) is 1. The van der Waals surface area contributed by atoms with E-state index in [1.165, 1.54) is 25.7 Å². The summed E-state index contributed by atoms with van der Waals surface area (Å²) in [6, 6.07) is 0.388. The number of likely N-dealkylation sites (N-methyl/N-ethyl adjacent to an activating group) is 1. The summed E-state index contributed by atoms with van der Waals surface area (Å²) in [5.41, 5.74) is 0.378. The van der Waals surface area contributed by atoms with Crippen LogP contribution in [0.15, 0.2) is 0 Å². The summed E-state index contributed by atoms with van der Waals surface area (Å²) >= 11 is 0. The van der Waals surface area contributed by atoms with Gasteiger partial charge < -0.3 is 5.11 Å². The molecule has 0 heterocycles. The first-order valence-electron chi connectivity index (χ1n) is 7.82. The van der Waals surface area contributed by atoms with Gasteiger partial charge in [-0.05, 0) is 50.1 Å². The van der Waals surface area contributed by atoms with E-state index < -0.39 is 0 Å². The second-order valence-electron chi connectivity index (χ2n) is 6.99. The molecule has 0 amide bonds. The van der Waals surface area contributed by atoms with Gasteiger partial charge in [0.1, 0.15) is 0 Å². The van der Waals surface area contributed by atoms with Crippen LogP contribution in [-0.2, 0) is 0 Å². The van der Waals surface area contributed by atoms with Gasteiger partial charge in [0.25, 0.3) is 0 Å². The van der Waals surface area contributed by atoms with E-state index in [-0.39, 0.29) is 6.10 Å². The van der Waals surface area contributed by atoms with Gasteiger partial charge in [0.15, 0.2) is 0 Å². The third-order valence-electron chi connectivity index (χ3n) is 4.68. The zero-order valence-corrected chi connectivity index (χ0v) is 13.1. The molecule has 0 aromatic heterocycles. The first-order chi connectivity index (χ1) is 8.40. The second-order valence-corrected chi connectivity index (χ2v) is 6.99. The standard InChI is InChI=1S/C16H33NO/c1-6-8-11-17(7-2)14-12-13(16(3,4)5)9-10-15(14)18/h13-15,18H,6-12H2,1-5H3. The van der Waals surface area contributed by atoms with Crippen LogP contribution in [-0.4, -0.2) is 35.2 Å². The number of hydrogen-bond donors (Lipinski definition) is 1.